The maximum Gasteiger partial charge on any atom is 0.141 e. The molecule has 1 N–H and O–H groups in total. The van der Waals surface area contributed by atoms with E-state index in [0.717, 1.165) is 16.8 Å². The van der Waals surface area contributed by atoms with Crippen molar-refractivity contribution in [2.45, 2.75) is 13.8 Å². The molecule has 118 valence electrons. The highest BCUT2D eigenvalue weighted by Gasteiger charge is 2.07. The Bertz CT molecular complexity index is 731. The van der Waals surface area contributed by atoms with Crippen LogP contribution in [0.3, 0.4) is 0 Å². The van der Waals surface area contributed by atoms with Crippen LogP contribution in [0.2, 0.25) is 0 Å². The highest BCUT2D eigenvalue weighted by atomic mass is 16.5. The van der Waals surface area contributed by atoms with Gasteiger partial charge in [-0.1, -0.05) is 49.1 Å². The summed E-state index contributed by atoms with van der Waals surface area (Å²) in [6.45, 7) is 7.69. The third-order valence-corrected chi connectivity index (χ3v) is 3.43. The molecule has 2 rings (SSSR count). The highest BCUT2D eigenvalue weighted by molar-refractivity contribution is 5.64. The van der Waals surface area contributed by atoms with E-state index >= 15 is 0 Å². The number of allylic oxidation sites excluding steroid dienone is 2. The lowest BCUT2D eigenvalue weighted by molar-refractivity contribution is 0.338. The van der Waals surface area contributed by atoms with Crippen molar-refractivity contribution in [3.05, 3.63) is 84.4 Å². The summed E-state index contributed by atoms with van der Waals surface area (Å²) in [4.78, 5) is 4.40. The average molecular weight is 307 g/mol. The first-order valence-corrected chi connectivity index (χ1v) is 7.47. The zero-order chi connectivity index (χ0) is 16.7. The lowest BCUT2D eigenvalue weighted by Gasteiger charge is -2.11. The number of aliphatic hydroxyl groups excluding tert-OH is 1. The van der Waals surface area contributed by atoms with E-state index in [1.165, 1.54) is 0 Å². The fourth-order valence-corrected chi connectivity index (χ4v) is 2.11. The summed E-state index contributed by atoms with van der Waals surface area (Å²) in [6, 6.07) is 12.0. The van der Waals surface area contributed by atoms with E-state index in [-0.39, 0.29) is 12.4 Å². The van der Waals surface area contributed by atoms with E-state index in [0.29, 0.717) is 11.3 Å². The number of nitrogens with zero attached hydrogens (tertiary/aromatic N) is 1. The molecule has 0 atom stereocenters. The van der Waals surface area contributed by atoms with Crippen molar-refractivity contribution in [1.82, 2.24) is 4.98 Å². The van der Waals surface area contributed by atoms with Gasteiger partial charge in [-0.05, 0) is 31.6 Å². The second kappa shape index (κ2) is 7.99. The number of aliphatic hydroxyl groups is 1. The number of pyridine rings is 1. The van der Waals surface area contributed by atoms with Crippen LogP contribution in [0.4, 0.5) is 0 Å². The number of aryl methyl sites for hydroxylation is 1. The highest BCUT2D eigenvalue weighted by Crippen LogP contribution is 2.25. The van der Waals surface area contributed by atoms with Gasteiger partial charge in [0.2, 0.25) is 0 Å². The molecule has 0 aliphatic heterocycles. The smallest absolute Gasteiger partial charge is 0.141 e. The second-order valence-corrected chi connectivity index (χ2v) is 5.08. The van der Waals surface area contributed by atoms with Gasteiger partial charge >= 0.3 is 0 Å². The van der Waals surface area contributed by atoms with E-state index in [4.69, 9.17) is 4.74 Å². The lowest BCUT2D eigenvalue weighted by atomic mass is 10.1. The van der Waals surface area contributed by atoms with Crippen molar-refractivity contribution in [3.8, 4) is 16.9 Å². The number of ether oxygens (including phenoxy) is 1. The van der Waals surface area contributed by atoms with Gasteiger partial charge in [0.1, 0.15) is 18.1 Å². The van der Waals surface area contributed by atoms with Crippen molar-refractivity contribution in [2.75, 3.05) is 6.61 Å². The summed E-state index contributed by atoms with van der Waals surface area (Å²) in [7, 11) is 0. The summed E-state index contributed by atoms with van der Waals surface area (Å²) in [5.74, 6) is 0.853. The Hall–Kier alpha value is -2.81. The third-order valence-electron chi connectivity index (χ3n) is 3.43. The first-order valence-electron chi connectivity index (χ1n) is 7.47. The van der Waals surface area contributed by atoms with Crippen LogP contribution >= 0.6 is 0 Å². The zero-order valence-corrected chi connectivity index (χ0v) is 13.5. The maximum atomic E-state index is 9.91. The Morgan fingerprint density at radius 1 is 1.26 bits per heavy atom. The fourth-order valence-electron chi connectivity index (χ4n) is 2.11. The number of hydrogen-bond donors (Lipinski definition) is 1. The van der Waals surface area contributed by atoms with Gasteiger partial charge < -0.3 is 9.84 Å². The quantitative estimate of drug-likeness (QED) is 0.602. The molecule has 0 fully saturated rings. The van der Waals surface area contributed by atoms with Crippen LogP contribution < -0.4 is 4.74 Å². The Kier molecular flexibility index (Phi) is 5.75. The molecule has 0 amide bonds. The van der Waals surface area contributed by atoms with Gasteiger partial charge in [0.15, 0.2) is 0 Å². The van der Waals surface area contributed by atoms with Crippen molar-refractivity contribution in [3.63, 3.8) is 0 Å². The summed E-state index contributed by atoms with van der Waals surface area (Å²) in [5.41, 5.74) is 3.51. The molecule has 3 heteroatoms. The van der Waals surface area contributed by atoms with Crippen LogP contribution in [-0.2, 0) is 0 Å². The molecule has 0 aliphatic carbocycles. The predicted molar refractivity (Wildman–Crippen MR) is 94.6 cm³/mol. The van der Waals surface area contributed by atoms with Gasteiger partial charge in [-0.15, -0.1) is 0 Å². The molecule has 1 heterocycles. The molecule has 23 heavy (non-hydrogen) atoms. The molecule has 3 nitrogen and oxygen atoms in total. The minimum atomic E-state index is 0.160. The summed E-state index contributed by atoms with van der Waals surface area (Å²) in [6.07, 6.45) is 6.81. The van der Waals surface area contributed by atoms with Crippen LogP contribution in [0.5, 0.6) is 5.75 Å². The predicted octanol–water partition coefficient (Wildman–Crippen LogP) is 5.01. The Morgan fingerprint density at radius 3 is 2.65 bits per heavy atom. The number of rotatable bonds is 6. The van der Waals surface area contributed by atoms with E-state index in [9.17, 15) is 5.11 Å². The van der Waals surface area contributed by atoms with Crippen LogP contribution in [0, 0.1) is 6.92 Å². The molecule has 0 bridgehead atoms. The van der Waals surface area contributed by atoms with Gasteiger partial charge in [-0.3, -0.25) is 4.98 Å². The average Bonchev–Trinajstić information content (AvgIpc) is 2.58. The molecule has 1 aromatic heterocycles. The normalized spacial score (nSPS) is 12.1. The van der Waals surface area contributed by atoms with Gasteiger partial charge in [-0.2, -0.15) is 0 Å². The molecule has 0 radical (unpaired) electrons. The first kappa shape index (κ1) is 16.6. The second-order valence-electron chi connectivity index (χ2n) is 5.08. The van der Waals surface area contributed by atoms with Crippen LogP contribution in [0.25, 0.3) is 11.1 Å². The van der Waals surface area contributed by atoms with Crippen LogP contribution in [0.15, 0.2) is 78.7 Å². The molecule has 2 aromatic rings. The molecule has 0 spiro atoms. The van der Waals surface area contributed by atoms with E-state index < -0.39 is 0 Å². The number of benzene rings is 1. The van der Waals surface area contributed by atoms with Crippen molar-refractivity contribution in [2.24, 2.45) is 0 Å². The molecule has 0 unspecified atom stereocenters. The molecular formula is C20H21NO2. The SMILES string of the molecule is C=C/C(COc1cc(-c2ccccc2)cnc1C)=C(O)\C=C/C. The largest absolute Gasteiger partial charge is 0.508 e. The Labute approximate surface area is 137 Å². The molecule has 0 saturated carbocycles. The molecule has 1 aromatic carbocycles. The molecular weight excluding hydrogens is 286 g/mol. The third kappa shape index (κ3) is 4.33. The van der Waals surface area contributed by atoms with Crippen LogP contribution in [-0.4, -0.2) is 16.7 Å². The van der Waals surface area contributed by atoms with E-state index in [1.807, 2.05) is 56.4 Å². The minimum Gasteiger partial charge on any atom is -0.508 e. The summed E-state index contributed by atoms with van der Waals surface area (Å²) >= 11 is 0. The van der Waals surface area contributed by atoms with Crippen molar-refractivity contribution >= 4 is 0 Å². The Balaban J connectivity index is 2.23. The topological polar surface area (TPSA) is 42.4 Å². The number of aromatic nitrogens is 1. The van der Waals surface area contributed by atoms with Crippen molar-refractivity contribution in [1.29, 1.82) is 0 Å². The van der Waals surface area contributed by atoms with E-state index in [2.05, 4.69) is 11.6 Å². The summed E-state index contributed by atoms with van der Waals surface area (Å²) < 4.78 is 5.83. The Morgan fingerprint density at radius 2 is 2.00 bits per heavy atom. The fraction of sp³-hybridized carbons (Fsp3) is 0.150. The maximum absolute atomic E-state index is 9.91. The van der Waals surface area contributed by atoms with Gasteiger partial charge in [0.25, 0.3) is 0 Å². The summed E-state index contributed by atoms with van der Waals surface area (Å²) in [5, 5.41) is 9.91. The first-order chi connectivity index (χ1) is 11.2. The minimum absolute atomic E-state index is 0.160. The molecule has 0 saturated heterocycles. The number of hydrogen-bond acceptors (Lipinski definition) is 3. The van der Waals surface area contributed by atoms with Gasteiger partial charge in [0.05, 0.1) is 5.69 Å². The van der Waals surface area contributed by atoms with Gasteiger partial charge in [-0.25, -0.2) is 0 Å². The van der Waals surface area contributed by atoms with Crippen LogP contribution in [0.1, 0.15) is 12.6 Å². The van der Waals surface area contributed by atoms with Crippen molar-refractivity contribution < 1.29 is 9.84 Å². The molecule has 0 aliphatic rings. The standard InChI is InChI=1S/C20H21NO2/c1-4-9-19(22)16(5-2)14-23-20-12-18(13-21-15(20)3)17-10-7-6-8-11-17/h4-13,22H,2,14H2,1,3H3/b9-4-,19-16-. The monoisotopic (exact) mass is 307 g/mol. The zero-order valence-electron chi connectivity index (χ0n) is 13.5. The van der Waals surface area contributed by atoms with Gasteiger partial charge in [0, 0.05) is 17.3 Å². The lowest BCUT2D eigenvalue weighted by Crippen LogP contribution is -2.04. The van der Waals surface area contributed by atoms with E-state index in [1.54, 1.807) is 18.2 Å².